The molecule has 0 saturated heterocycles. The fourth-order valence-electron chi connectivity index (χ4n) is 2.74. The third kappa shape index (κ3) is 7.47. The minimum absolute atomic E-state index is 0.0654. The van der Waals surface area contributed by atoms with E-state index in [0.29, 0.717) is 29.5 Å². The summed E-state index contributed by atoms with van der Waals surface area (Å²) in [4.78, 5) is 39.3. The molecule has 0 atom stereocenters. The van der Waals surface area contributed by atoms with Crippen molar-refractivity contribution in [3.8, 4) is 0 Å². The number of carbonyl (C=O) groups is 2. The number of carbonyl (C=O) groups excluding carboxylic acids is 2. The van der Waals surface area contributed by atoms with Crippen LogP contribution in [0.3, 0.4) is 0 Å². The van der Waals surface area contributed by atoms with Gasteiger partial charge < -0.3 is 9.47 Å². The number of hydrogen-bond acceptors (Lipinski definition) is 10. The van der Waals surface area contributed by atoms with Gasteiger partial charge in [0, 0.05) is 11.4 Å². The second-order valence-corrected chi connectivity index (χ2v) is 8.28. The van der Waals surface area contributed by atoms with Gasteiger partial charge in [0.15, 0.2) is 10.3 Å². The van der Waals surface area contributed by atoms with Gasteiger partial charge >= 0.3 is 11.9 Å². The van der Waals surface area contributed by atoms with E-state index in [0.717, 1.165) is 34.9 Å². The molecule has 33 heavy (non-hydrogen) atoms. The lowest BCUT2D eigenvalue weighted by atomic mass is 10.2. The van der Waals surface area contributed by atoms with E-state index < -0.39 is 0 Å². The fraction of sp³-hybridized carbons (Fsp3) is 0.261. The Bertz CT molecular complexity index is 975. The molecule has 0 aliphatic heterocycles. The maximum absolute atomic E-state index is 11.9. The van der Waals surface area contributed by atoms with Crippen molar-refractivity contribution in [3.63, 3.8) is 0 Å². The van der Waals surface area contributed by atoms with E-state index in [1.807, 2.05) is 65.6 Å². The molecular formula is C23H24N4O4S2. The summed E-state index contributed by atoms with van der Waals surface area (Å²) in [6, 6.07) is 19.4. The Morgan fingerprint density at radius 1 is 0.727 bits per heavy atom. The second-order valence-electron chi connectivity index (χ2n) is 6.39. The largest absolute Gasteiger partial charge is 0.465 e. The minimum Gasteiger partial charge on any atom is -0.465 e. The predicted molar refractivity (Wildman–Crippen MR) is 129 cm³/mol. The standard InChI is InChI=1S/C23H24N4O4S2/c1-3-30-19(28)15-32-22-24-21(25-23(26-22)33-16-20(29)31-4-2)27(17-11-7-5-8-12-17)18-13-9-6-10-14-18/h5-14H,3-4,15-16H2,1-2H3. The lowest BCUT2D eigenvalue weighted by molar-refractivity contribution is -0.140. The van der Waals surface area contributed by atoms with Gasteiger partial charge in [-0.05, 0) is 38.1 Å². The Hall–Kier alpha value is -3.11. The molecule has 1 heterocycles. The van der Waals surface area contributed by atoms with Crippen molar-refractivity contribution in [3.05, 3.63) is 60.7 Å². The number of aromatic nitrogens is 3. The van der Waals surface area contributed by atoms with Gasteiger partial charge in [0.2, 0.25) is 5.95 Å². The average molecular weight is 485 g/mol. The Labute approximate surface area is 201 Å². The minimum atomic E-state index is -0.354. The zero-order valence-electron chi connectivity index (χ0n) is 18.3. The lowest BCUT2D eigenvalue weighted by Crippen LogP contribution is -2.16. The molecule has 0 aliphatic carbocycles. The first-order valence-corrected chi connectivity index (χ1v) is 12.3. The molecule has 3 aromatic rings. The molecule has 0 spiro atoms. The summed E-state index contributed by atoms with van der Waals surface area (Å²) >= 11 is 2.31. The molecule has 10 heteroatoms. The molecule has 0 N–H and O–H groups in total. The molecule has 2 aromatic carbocycles. The van der Waals surface area contributed by atoms with E-state index in [4.69, 9.17) is 9.47 Å². The third-order valence-electron chi connectivity index (χ3n) is 4.06. The number of ether oxygens (including phenoxy) is 2. The zero-order valence-corrected chi connectivity index (χ0v) is 20.0. The molecule has 0 saturated carbocycles. The highest BCUT2D eigenvalue weighted by molar-refractivity contribution is 8.00. The van der Waals surface area contributed by atoms with Crippen LogP contribution in [0.2, 0.25) is 0 Å². The highest BCUT2D eigenvalue weighted by Crippen LogP contribution is 2.33. The first kappa shape index (κ1) is 24.5. The number of nitrogens with zero attached hydrogens (tertiary/aromatic N) is 4. The predicted octanol–water partition coefficient (Wildman–Crippen LogP) is 4.65. The van der Waals surface area contributed by atoms with E-state index in [2.05, 4.69) is 15.0 Å². The normalized spacial score (nSPS) is 10.5. The van der Waals surface area contributed by atoms with Crippen LogP contribution < -0.4 is 4.90 Å². The maximum atomic E-state index is 11.9. The van der Waals surface area contributed by atoms with Gasteiger partial charge in [0.1, 0.15) is 0 Å². The maximum Gasteiger partial charge on any atom is 0.316 e. The van der Waals surface area contributed by atoms with Gasteiger partial charge in [-0.1, -0.05) is 59.9 Å². The molecule has 0 unspecified atom stereocenters. The van der Waals surface area contributed by atoms with Crippen molar-refractivity contribution < 1.29 is 19.1 Å². The summed E-state index contributed by atoms with van der Waals surface area (Å²) in [5.74, 6) is -0.201. The second kappa shape index (κ2) is 12.8. The highest BCUT2D eigenvalue weighted by atomic mass is 32.2. The van der Waals surface area contributed by atoms with Crippen molar-refractivity contribution in [2.24, 2.45) is 0 Å². The first-order valence-electron chi connectivity index (χ1n) is 10.3. The number of rotatable bonds is 11. The monoisotopic (exact) mass is 484 g/mol. The third-order valence-corrected chi connectivity index (χ3v) is 5.70. The van der Waals surface area contributed by atoms with Crippen LogP contribution in [0.5, 0.6) is 0 Å². The molecule has 0 aliphatic rings. The van der Waals surface area contributed by atoms with Crippen LogP contribution in [0.4, 0.5) is 17.3 Å². The first-order chi connectivity index (χ1) is 16.1. The summed E-state index contributed by atoms with van der Waals surface area (Å²) in [6.07, 6.45) is 0. The van der Waals surface area contributed by atoms with Gasteiger partial charge in [-0.15, -0.1) is 0 Å². The summed E-state index contributed by atoms with van der Waals surface area (Å²) in [6.45, 7) is 4.12. The van der Waals surface area contributed by atoms with Crippen molar-refractivity contribution in [2.75, 3.05) is 29.6 Å². The van der Waals surface area contributed by atoms with Crippen molar-refractivity contribution >= 4 is 52.8 Å². The van der Waals surface area contributed by atoms with Gasteiger partial charge in [0.25, 0.3) is 0 Å². The molecule has 0 bridgehead atoms. The zero-order chi connectivity index (χ0) is 23.5. The molecule has 8 nitrogen and oxygen atoms in total. The smallest absolute Gasteiger partial charge is 0.316 e. The van der Waals surface area contributed by atoms with Gasteiger partial charge in [-0.3, -0.25) is 14.5 Å². The van der Waals surface area contributed by atoms with Crippen LogP contribution in [-0.4, -0.2) is 51.6 Å². The number of hydrogen-bond donors (Lipinski definition) is 0. The van der Waals surface area contributed by atoms with Crippen molar-refractivity contribution in [1.29, 1.82) is 0 Å². The fourth-order valence-corrected chi connectivity index (χ4v) is 4.06. The number of para-hydroxylation sites is 2. The number of benzene rings is 2. The average Bonchev–Trinajstić information content (AvgIpc) is 2.83. The Morgan fingerprint density at radius 2 is 1.15 bits per heavy atom. The summed E-state index contributed by atoms with van der Waals surface area (Å²) in [7, 11) is 0. The SMILES string of the molecule is CCOC(=O)CSc1nc(SCC(=O)OCC)nc(N(c2ccccc2)c2ccccc2)n1. The van der Waals surface area contributed by atoms with E-state index >= 15 is 0 Å². The summed E-state index contributed by atoms with van der Waals surface area (Å²) < 4.78 is 10.0. The van der Waals surface area contributed by atoms with Gasteiger partial charge in [-0.2, -0.15) is 15.0 Å². The molecular weight excluding hydrogens is 460 g/mol. The molecule has 0 fully saturated rings. The van der Waals surface area contributed by atoms with Gasteiger partial charge in [0.05, 0.1) is 24.7 Å². The Kier molecular flexibility index (Phi) is 9.52. The Morgan fingerprint density at radius 3 is 1.55 bits per heavy atom. The van der Waals surface area contributed by atoms with E-state index in [1.165, 1.54) is 0 Å². The van der Waals surface area contributed by atoms with Crippen molar-refractivity contribution in [1.82, 2.24) is 15.0 Å². The van der Waals surface area contributed by atoms with Crippen LogP contribution in [0.1, 0.15) is 13.8 Å². The van der Waals surface area contributed by atoms with Crippen LogP contribution in [0.15, 0.2) is 71.0 Å². The van der Waals surface area contributed by atoms with E-state index in [1.54, 1.807) is 13.8 Å². The summed E-state index contributed by atoms with van der Waals surface area (Å²) in [5, 5.41) is 0.715. The molecule has 1 aromatic heterocycles. The highest BCUT2D eigenvalue weighted by Gasteiger charge is 2.19. The van der Waals surface area contributed by atoms with Crippen LogP contribution >= 0.6 is 23.5 Å². The quantitative estimate of drug-likeness (QED) is 0.283. The molecule has 0 amide bonds. The van der Waals surface area contributed by atoms with Crippen LogP contribution in [-0.2, 0) is 19.1 Å². The van der Waals surface area contributed by atoms with Crippen molar-refractivity contribution in [2.45, 2.75) is 24.2 Å². The molecule has 3 rings (SSSR count). The number of esters is 2. The lowest BCUT2D eigenvalue weighted by Gasteiger charge is -2.23. The topological polar surface area (TPSA) is 94.5 Å². The Balaban J connectivity index is 1.98. The van der Waals surface area contributed by atoms with Crippen LogP contribution in [0.25, 0.3) is 0 Å². The molecule has 0 radical (unpaired) electrons. The summed E-state index contributed by atoms with van der Waals surface area (Å²) in [5.41, 5.74) is 1.72. The van der Waals surface area contributed by atoms with E-state index in [-0.39, 0.29) is 23.4 Å². The molecule has 172 valence electrons. The van der Waals surface area contributed by atoms with E-state index in [9.17, 15) is 9.59 Å². The number of anilines is 3. The number of thioether (sulfide) groups is 2. The van der Waals surface area contributed by atoms with Crippen LogP contribution in [0, 0.1) is 0 Å². The van der Waals surface area contributed by atoms with Gasteiger partial charge in [-0.25, -0.2) is 0 Å².